The van der Waals surface area contributed by atoms with Crippen molar-refractivity contribution < 1.29 is 19.1 Å². The van der Waals surface area contributed by atoms with Gasteiger partial charge in [-0.15, -0.1) is 0 Å². The second-order valence-corrected chi connectivity index (χ2v) is 4.27. The Bertz CT molecular complexity index is 426. The second kappa shape index (κ2) is 7.41. The van der Waals surface area contributed by atoms with Crippen LogP contribution < -0.4 is 10.1 Å². The van der Waals surface area contributed by atoms with E-state index in [4.69, 9.17) is 4.74 Å². The largest absolute Gasteiger partial charge is 0.491 e. The summed E-state index contributed by atoms with van der Waals surface area (Å²) >= 11 is 0. The highest BCUT2D eigenvalue weighted by Crippen LogP contribution is 2.13. The number of rotatable bonds is 6. The average molecular weight is 265 g/mol. The Hall–Kier alpha value is -2.04. The number of ether oxygens (including phenoxy) is 2. The van der Waals surface area contributed by atoms with Crippen molar-refractivity contribution in [2.24, 2.45) is 0 Å². The zero-order valence-electron chi connectivity index (χ0n) is 11.4. The molecule has 1 amide bonds. The van der Waals surface area contributed by atoms with Gasteiger partial charge in [-0.25, -0.2) is 0 Å². The molecule has 5 heteroatoms. The molecule has 0 heterocycles. The van der Waals surface area contributed by atoms with Gasteiger partial charge in [0.1, 0.15) is 5.75 Å². The molecular weight excluding hydrogens is 246 g/mol. The van der Waals surface area contributed by atoms with Crippen molar-refractivity contribution in [2.75, 3.05) is 13.7 Å². The van der Waals surface area contributed by atoms with Gasteiger partial charge < -0.3 is 14.8 Å². The van der Waals surface area contributed by atoms with E-state index in [2.05, 4.69) is 10.1 Å². The number of nitrogens with one attached hydrogen (secondary N) is 1. The van der Waals surface area contributed by atoms with Gasteiger partial charge >= 0.3 is 5.97 Å². The standard InChI is InChI=1S/C14H19NO4/c1-10(2)19-12-6-4-11(5-7-12)14(17)15-9-8-13(16)18-3/h4-7,10H,8-9H2,1-3H3,(H,15,17). The predicted octanol–water partition coefficient (Wildman–Crippen LogP) is 1.77. The van der Waals surface area contributed by atoms with E-state index in [9.17, 15) is 9.59 Å². The molecule has 1 aromatic rings. The van der Waals surface area contributed by atoms with Crippen LogP contribution in [0.25, 0.3) is 0 Å². The maximum atomic E-state index is 11.7. The quantitative estimate of drug-likeness (QED) is 0.796. The van der Waals surface area contributed by atoms with Gasteiger partial charge in [-0.3, -0.25) is 9.59 Å². The first-order valence-corrected chi connectivity index (χ1v) is 6.14. The van der Waals surface area contributed by atoms with Crippen molar-refractivity contribution in [2.45, 2.75) is 26.4 Å². The molecule has 0 saturated heterocycles. The van der Waals surface area contributed by atoms with Gasteiger partial charge in [0.15, 0.2) is 0 Å². The maximum absolute atomic E-state index is 11.7. The summed E-state index contributed by atoms with van der Waals surface area (Å²) in [6, 6.07) is 6.86. The number of benzene rings is 1. The molecule has 104 valence electrons. The summed E-state index contributed by atoms with van der Waals surface area (Å²) in [5.74, 6) is 0.155. The van der Waals surface area contributed by atoms with Gasteiger partial charge in [-0.1, -0.05) is 0 Å². The number of hydrogen-bond donors (Lipinski definition) is 1. The molecule has 0 aliphatic carbocycles. The Labute approximate surface area is 112 Å². The Morgan fingerprint density at radius 3 is 2.37 bits per heavy atom. The van der Waals surface area contributed by atoms with Crippen molar-refractivity contribution in [1.29, 1.82) is 0 Å². The summed E-state index contributed by atoms with van der Waals surface area (Å²) in [4.78, 5) is 22.6. The summed E-state index contributed by atoms with van der Waals surface area (Å²) in [5.41, 5.74) is 0.529. The molecule has 0 aliphatic rings. The number of methoxy groups -OCH3 is 1. The van der Waals surface area contributed by atoms with E-state index in [0.717, 1.165) is 5.75 Å². The van der Waals surface area contributed by atoms with Crippen LogP contribution in [0.2, 0.25) is 0 Å². The lowest BCUT2D eigenvalue weighted by molar-refractivity contribution is -0.140. The third kappa shape index (κ3) is 5.42. The Morgan fingerprint density at radius 1 is 1.21 bits per heavy atom. The fourth-order valence-corrected chi connectivity index (χ4v) is 1.44. The van der Waals surface area contributed by atoms with E-state index in [-0.39, 0.29) is 30.9 Å². The van der Waals surface area contributed by atoms with Gasteiger partial charge in [-0.2, -0.15) is 0 Å². The minimum absolute atomic E-state index is 0.0970. The molecule has 5 nitrogen and oxygen atoms in total. The van der Waals surface area contributed by atoms with Crippen LogP contribution in [0, 0.1) is 0 Å². The van der Waals surface area contributed by atoms with Gasteiger partial charge in [0.25, 0.3) is 5.91 Å². The van der Waals surface area contributed by atoms with Crippen molar-refractivity contribution in [3.05, 3.63) is 29.8 Å². The molecule has 1 aromatic carbocycles. The molecule has 19 heavy (non-hydrogen) atoms. The van der Waals surface area contributed by atoms with Gasteiger partial charge in [0.2, 0.25) is 0 Å². The number of carbonyl (C=O) groups excluding carboxylic acids is 2. The van der Waals surface area contributed by atoms with E-state index in [1.54, 1.807) is 24.3 Å². The summed E-state index contributed by atoms with van der Waals surface area (Å²) in [5, 5.41) is 2.64. The lowest BCUT2D eigenvalue weighted by Gasteiger charge is -2.10. The number of carbonyl (C=O) groups is 2. The lowest BCUT2D eigenvalue weighted by atomic mass is 10.2. The highest BCUT2D eigenvalue weighted by atomic mass is 16.5. The third-order valence-electron chi connectivity index (χ3n) is 2.33. The van der Waals surface area contributed by atoms with E-state index in [1.807, 2.05) is 13.8 Å². The summed E-state index contributed by atoms with van der Waals surface area (Å²) < 4.78 is 9.97. The number of amides is 1. The maximum Gasteiger partial charge on any atom is 0.307 e. The van der Waals surface area contributed by atoms with Crippen molar-refractivity contribution in [3.63, 3.8) is 0 Å². The third-order valence-corrected chi connectivity index (χ3v) is 2.33. The highest BCUT2D eigenvalue weighted by Gasteiger charge is 2.07. The second-order valence-electron chi connectivity index (χ2n) is 4.27. The fraction of sp³-hybridized carbons (Fsp3) is 0.429. The Kier molecular flexibility index (Phi) is 5.85. The fourth-order valence-electron chi connectivity index (χ4n) is 1.44. The lowest BCUT2D eigenvalue weighted by Crippen LogP contribution is -2.26. The number of esters is 1. The van der Waals surface area contributed by atoms with E-state index in [1.165, 1.54) is 7.11 Å². The van der Waals surface area contributed by atoms with Gasteiger partial charge in [0, 0.05) is 12.1 Å². The first kappa shape index (κ1) is 15.0. The zero-order chi connectivity index (χ0) is 14.3. The van der Waals surface area contributed by atoms with E-state index >= 15 is 0 Å². The SMILES string of the molecule is COC(=O)CCNC(=O)c1ccc(OC(C)C)cc1. The smallest absolute Gasteiger partial charge is 0.307 e. The normalized spacial score (nSPS) is 10.1. The number of hydrogen-bond acceptors (Lipinski definition) is 4. The van der Waals surface area contributed by atoms with Gasteiger partial charge in [-0.05, 0) is 38.1 Å². The van der Waals surface area contributed by atoms with Crippen LogP contribution in [0.3, 0.4) is 0 Å². The topological polar surface area (TPSA) is 64.6 Å². The van der Waals surface area contributed by atoms with E-state index in [0.29, 0.717) is 5.56 Å². The first-order valence-electron chi connectivity index (χ1n) is 6.14. The summed E-state index contributed by atoms with van der Waals surface area (Å²) in [6.45, 7) is 4.14. The minimum Gasteiger partial charge on any atom is -0.491 e. The van der Waals surface area contributed by atoms with Crippen LogP contribution in [-0.4, -0.2) is 31.6 Å². The molecule has 0 aliphatic heterocycles. The molecule has 0 unspecified atom stereocenters. The van der Waals surface area contributed by atoms with Crippen LogP contribution >= 0.6 is 0 Å². The molecule has 0 atom stereocenters. The summed E-state index contributed by atoms with van der Waals surface area (Å²) in [7, 11) is 1.32. The predicted molar refractivity (Wildman–Crippen MR) is 71.2 cm³/mol. The van der Waals surface area contributed by atoms with Crippen molar-refractivity contribution in [3.8, 4) is 5.75 Å². The molecule has 0 aromatic heterocycles. The summed E-state index contributed by atoms with van der Waals surface area (Å²) in [6.07, 6.45) is 0.260. The molecule has 0 radical (unpaired) electrons. The molecular formula is C14H19NO4. The average Bonchev–Trinajstić information content (AvgIpc) is 2.38. The first-order chi connectivity index (χ1) is 9.02. The molecule has 0 fully saturated rings. The zero-order valence-corrected chi connectivity index (χ0v) is 11.4. The molecule has 1 N–H and O–H groups in total. The van der Waals surface area contributed by atoms with Crippen LogP contribution in [0.15, 0.2) is 24.3 Å². The molecule has 1 rings (SSSR count). The van der Waals surface area contributed by atoms with Gasteiger partial charge in [0.05, 0.1) is 19.6 Å². The van der Waals surface area contributed by atoms with Crippen LogP contribution in [0.5, 0.6) is 5.75 Å². The molecule has 0 saturated carbocycles. The van der Waals surface area contributed by atoms with Crippen LogP contribution in [-0.2, 0) is 9.53 Å². The van der Waals surface area contributed by atoms with Crippen molar-refractivity contribution >= 4 is 11.9 Å². The van der Waals surface area contributed by atoms with Crippen LogP contribution in [0.4, 0.5) is 0 Å². The highest BCUT2D eigenvalue weighted by molar-refractivity contribution is 5.94. The Morgan fingerprint density at radius 2 is 1.84 bits per heavy atom. The van der Waals surface area contributed by atoms with E-state index < -0.39 is 0 Å². The molecule has 0 bridgehead atoms. The minimum atomic E-state index is -0.346. The van der Waals surface area contributed by atoms with Crippen LogP contribution in [0.1, 0.15) is 30.6 Å². The Balaban J connectivity index is 2.46. The molecule has 0 spiro atoms. The monoisotopic (exact) mass is 265 g/mol. The van der Waals surface area contributed by atoms with Crippen molar-refractivity contribution in [1.82, 2.24) is 5.32 Å².